The maximum Gasteiger partial charge on any atom is 0.271 e. The summed E-state index contributed by atoms with van der Waals surface area (Å²) in [5.41, 5.74) is 10.8. The second-order valence-electron chi connectivity index (χ2n) is 5.58. The van der Waals surface area contributed by atoms with E-state index in [1.807, 2.05) is 32.0 Å². The molecule has 0 aliphatic heterocycles. The molecular formula is C17H23N3O2. The van der Waals surface area contributed by atoms with Crippen molar-refractivity contribution in [3.63, 3.8) is 0 Å². The van der Waals surface area contributed by atoms with Gasteiger partial charge in [-0.25, -0.2) is 4.68 Å². The van der Waals surface area contributed by atoms with Crippen molar-refractivity contribution in [3.05, 3.63) is 62.6 Å². The maximum absolute atomic E-state index is 12.6. The number of benzene rings is 1. The third kappa shape index (κ3) is 3.43. The van der Waals surface area contributed by atoms with Crippen LogP contribution in [0.3, 0.4) is 0 Å². The number of hydrogen-bond acceptors (Lipinski definition) is 4. The first-order valence-electron chi connectivity index (χ1n) is 7.34. The molecule has 2 N–H and O–H groups in total. The predicted molar refractivity (Wildman–Crippen MR) is 87.1 cm³/mol. The Morgan fingerprint density at radius 3 is 2.59 bits per heavy atom. The number of nitrogens with two attached hydrogens (primary N) is 1. The molecule has 0 bridgehead atoms. The van der Waals surface area contributed by atoms with Gasteiger partial charge in [0.2, 0.25) is 0 Å². The number of rotatable bonds is 5. The van der Waals surface area contributed by atoms with E-state index >= 15 is 0 Å². The molecule has 2 rings (SSSR count). The Morgan fingerprint density at radius 1 is 1.23 bits per heavy atom. The third-order valence-electron chi connectivity index (χ3n) is 3.86. The maximum atomic E-state index is 12.6. The van der Waals surface area contributed by atoms with Crippen LogP contribution in [0.4, 0.5) is 0 Å². The standard InChI is InChI=1S/C17H23N3O2/c1-11-5-6-14(9-12(11)2)16(18)15-10-13(3)19-20(17(15)21)7-8-22-4/h5-6,9-10,16H,7-8,18H2,1-4H3. The molecule has 5 heteroatoms. The zero-order valence-electron chi connectivity index (χ0n) is 13.6. The van der Waals surface area contributed by atoms with Crippen LogP contribution in [0.1, 0.15) is 34.0 Å². The summed E-state index contributed by atoms with van der Waals surface area (Å²) in [7, 11) is 1.60. The number of aromatic nitrogens is 2. The molecule has 1 aromatic carbocycles. The van der Waals surface area contributed by atoms with Gasteiger partial charge in [0.15, 0.2) is 0 Å². The van der Waals surface area contributed by atoms with Crippen molar-refractivity contribution in [3.8, 4) is 0 Å². The second-order valence-corrected chi connectivity index (χ2v) is 5.58. The molecule has 0 radical (unpaired) electrons. The minimum absolute atomic E-state index is 0.159. The summed E-state index contributed by atoms with van der Waals surface area (Å²) >= 11 is 0. The Kier molecular flexibility index (Phi) is 5.11. The van der Waals surface area contributed by atoms with Gasteiger partial charge in [0.1, 0.15) is 0 Å². The Balaban J connectivity index is 2.44. The van der Waals surface area contributed by atoms with Crippen LogP contribution in [-0.2, 0) is 11.3 Å². The van der Waals surface area contributed by atoms with Crippen molar-refractivity contribution < 1.29 is 4.74 Å². The monoisotopic (exact) mass is 301 g/mol. The van der Waals surface area contributed by atoms with E-state index in [0.717, 1.165) is 11.3 Å². The summed E-state index contributed by atoms with van der Waals surface area (Å²) in [6, 6.07) is 7.35. The minimum Gasteiger partial charge on any atom is -0.383 e. The van der Waals surface area contributed by atoms with Gasteiger partial charge < -0.3 is 10.5 Å². The first-order valence-corrected chi connectivity index (χ1v) is 7.34. The molecule has 0 saturated carbocycles. The van der Waals surface area contributed by atoms with Gasteiger partial charge in [-0.1, -0.05) is 18.2 Å². The van der Waals surface area contributed by atoms with Crippen molar-refractivity contribution in [2.24, 2.45) is 5.73 Å². The first kappa shape index (κ1) is 16.4. The Hall–Kier alpha value is -1.98. The lowest BCUT2D eigenvalue weighted by Crippen LogP contribution is -2.32. The van der Waals surface area contributed by atoms with E-state index in [4.69, 9.17) is 10.5 Å². The van der Waals surface area contributed by atoms with Gasteiger partial charge >= 0.3 is 0 Å². The highest BCUT2D eigenvalue weighted by molar-refractivity contribution is 5.36. The smallest absolute Gasteiger partial charge is 0.271 e. The van der Waals surface area contributed by atoms with Crippen molar-refractivity contribution in [1.29, 1.82) is 0 Å². The van der Waals surface area contributed by atoms with E-state index in [9.17, 15) is 4.79 Å². The molecule has 0 aliphatic carbocycles. The van der Waals surface area contributed by atoms with E-state index in [-0.39, 0.29) is 5.56 Å². The summed E-state index contributed by atoms with van der Waals surface area (Å²) in [4.78, 5) is 12.6. The number of nitrogens with zero attached hydrogens (tertiary/aromatic N) is 2. The highest BCUT2D eigenvalue weighted by Crippen LogP contribution is 2.20. The molecule has 1 atom stereocenters. The normalized spacial score (nSPS) is 12.4. The quantitative estimate of drug-likeness (QED) is 0.915. The van der Waals surface area contributed by atoms with Gasteiger partial charge in [-0.05, 0) is 43.5 Å². The van der Waals surface area contributed by atoms with Crippen LogP contribution in [-0.4, -0.2) is 23.5 Å². The van der Waals surface area contributed by atoms with Crippen LogP contribution < -0.4 is 11.3 Å². The zero-order chi connectivity index (χ0) is 16.3. The fourth-order valence-corrected chi connectivity index (χ4v) is 2.39. The summed E-state index contributed by atoms with van der Waals surface area (Å²) in [6.07, 6.45) is 0. The van der Waals surface area contributed by atoms with Crippen LogP contribution in [0.15, 0.2) is 29.1 Å². The van der Waals surface area contributed by atoms with Crippen LogP contribution in [0, 0.1) is 20.8 Å². The van der Waals surface area contributed by atoms with E-state index in [0.29, 0.717) is 18.7 Å². The lowest BCUT2D eigenvalue weighted by atomic mass is 9.97. The number of hydrogen-bond donors (Lipinski definition) is 1. The lowest BCUT2D eigenvalue weighted by Gasteiger charge is -2.16. The molecule has 5 nitrogen and oxygen atoms in total. The average Bonchev–Trinajstić information content (AvgIpc) is 2.49. The third-order valence-corrected chi connectivity index (χ3v) is 3.86. The topological polar surface area (TPSA) is 70.1 Å². The summed E-state index contributed by atoms with van der Waals surface area (Å²) < 4.78 is 6.45. The average molecular weight is 301 g/mol. The van der Waals surface area contributed by atoms with E-state index in [1.54, 1.807) is 13.2 Å². The molecule has 2 aromatic rings. The van der Waals surface area contributed by atoms with Crippen LogP contribution >= 0.6 is 0 Å². The largest absolute Gasteiger partial charge is 0.383 e. The first-order chi connectivity index (χ1) is 10.4. The van der Waals surface area contributed by atoms with Gasteiger partial charge in [-0.2, -0.15) is 5.10 Å². The summed E-state index contributed by atoms with van der Waals surface area (Å²) in [5.74, 6) is 0. The summed E-state index contributed by atoms with van der Waals surface area (Å²) in [6.45, 7) is 6.82. The summed E-state index contributed by atoms with van der Waals surface area (Å²) in [5, 5.41) is 4.25. The molecule has 22 heavy (non-hydrogen) atoms. The molecule has 118 valence electrons. The van der Waals surface area contributed by atoms with Gasteiger partial charge in [-0.3, -0.25) is 4.79 Å². The fourth-order valence-electron chi connectivity index (χ4n) is 2.39. The van der Waals surface area contributed by atoms with Gasteiger partial charge in [0, 0.05) is 12.7 Å². The fraction of sp³-hybridized carbons (Fsp3) is 0.412. The molecule has 1 heterocycles. The Labute approximate surface area is 130 Å². The van der Waals surface area contributed by atoms with Gasteiger partial charge in [0.25, 0.3) is 5.56 Å². The second kappa shape index (κ2) is 6.85. The Morgan fingerprint density at radius 2 is 1.95 bits per heavy atom. The highest BCUT2D eigenvalue weighted by Gasteiger charge is 2.16. The van der Waals surface area contributed by atoms with Crippen molar-refractivity contribution >= 4 is 0 Å². The molecule has 1 unspecified atom stereocenters. The SMILES string of the molecule is COCCn1nc(C)cc(C(N)c2ccc(C)c(C)c2)c1=O. The van der Waals surface area contributed by atoms with Gasteiger partial charge in [-0.15, -0.1) is 0 Å². The molecule has 0 amide bonds. The molecule has 0 aliphatic rings. The highest BCUT2D eigenvalue weighted by atomic mass is 16.5. The van der Waals surface area contributed by atoms with Crippen LogP contribution in [0.25, 0.3) is 0 Å². The molecule has 0 spiro atoms. The number of methoxy groups -OCH3 is 1. The minimum atomic E-state index is -0.456. The Bertz CT molecular complexity index is 722. The molecule has 0 fully saturated rings. The van der Waals surface area contributed by atoms with Crippen LogP contribution in [0.2, 0.25) is 0 Å². The molecule has 1 aromatic heterocycles. The van der Waals surface area contributed by atoms with Crippen molar-refractivity contribution in [1.82, 2.24) is 9.78 Å². The predicted octanol–water partition coefficient (Wildman–Crippen LogP) is 1.86. The molecule has 0 saturated heterocycles. The van der Waals surface area contributed by atoms with E-state index in [2.05, 4.69) is 12.0 Å². The van der Waals surface area contributed by atoms with E-state index in [1.165, 1.54) is 15.8 Å². The van der Waals surface area contributed by atoms with E-state index < -0.39 is 6.04 Å². The van der Waals surface area contributed by atoms with Crippen molar-refractivity contribution in [2.45, 2.75) is 33.4 Å². The van der Waals surface area contributed by atoms with Crippen LogP contribution in [0.5, 0.6) is 0 Å². The molecular weight excluding hydrogens is 278 g/mol. The number of ether oxygens (including phenoxy) is 1. The van der Waals surface area contributed by atoms with Crippen molar-refractivity contribution in [2.75, 3.05) is 13.7 Å². The zero-order valence-corrected chi connectivity index (χ0v) is 13.6. The van der Waals surface area contributed by atoms with Gasteiger partial charge in [0.05, 0.1) is 24.9 Å². The number of aryl methyl sites for hydroxylation is 3. The lowest BCUT2D eigenvalue weighted by molar-refractivity contribution is 0.181.